The van der Waals surface area contributed by atoms with E-state index >= 15 is 0 Å². The maximum atomic E-state index is 12.2. The molecule has 0 aliphatic carbocycles. The lowest BCUT2D eigenvalue weighted by molar-refractivity contribution is -0.137. The second-order valence-electron chi connectivity index (χ2n) is 5.78. The first kappa shape index (κ1) is 20.0. The molecule has 6 heteroatoms. The fourth-order valence-corrected chi connectivity index (χ4v) is 2.87. The molecule has 2 aromatic carbocycles. The highest BCUT2D eigenvalue weighted by atomic mass is 32.2. The molecule has 2 aromatic rings. The van der Waals surface area contributed by atoms with Gasteiger partial charge < -0.3 is 15.2 Å². The number of nitrogens with one attached hydrogen (secondary N) is 1. The summed E-state index contributed by atoms with van der Waals surface area (Å²) >= 11 is 1.61. The SMILES string of the molecule is CSc1ccc(C(CC(=O)O)NC(=O)CCOCc2ccccc2)cc1. The second kappa shape index (κ2) is 10.6. The van der Waals surface area contributed by atoms with Crippen molar-refractivity contribution in [1.82, 2.24) is 5.32 Å². The van der Waals surface area contributed by atoms with Crippen LogP contribution < -0.4 is 5.32 Å². The van der Waals surface area contributed by atoms with E-state index in [0.717, 1.165) is 16.0 Å². The quantitative estimate of drug-likeness (QED) is 0.491. The average molecular weight is 373 g/mol. The molecular formula is C20H23NO4S. The molecule has 0 bridgehead atoms. The van der Waals surface area contributed by atoms with Crippen molar-refractivity contribution < 1.29 is 19.4 Å². The Morgan fingerprint density at radius 3 is 2.42 bits per heavy atom. The van der Waals surface area contributed by atoms with Crippen LogP contribution >= 0.6 is 11.8 Å². The standard InChI is InChI=1S/C20H23NO4S/c1-26-17-9-7-16(8-10-17)18(13-20(23)24)21-19(22)11-12-25-14-15-5-3-2-4-6-15/h2-10,18H,11-14H2,1H3,(H,21,22)(H,23,24). The lowest BCUT2D eigenvalue weighted by Gasteiger charge is -2.18. The predicted octanol–water partition coefficient (Wildman–Crippen LogP) is 3.65. The van der Waals surface area contributed by atoms with Gasteiger partial charge in [0.05, 0.1) is 25.7 Å². The molecule has 1 unspecified atom stereocenters. The summed E-state index contributed by atoms with van der Waals surface area (Å²) in [5, 5.41) is 11.9. The van der Waals surface area contributed by atoms with Gasteiger partial charge in [-0.05, 0) is 29.5 Å². The maximum Gasteiger partial charge on any atom is 0.305 e. The van der Waals surface area contributed by atoms with E-state index in [1.807, 2.05) is 60.9 Å². The third-order valence-electron chi connectivity index (χ3n) is 3.82. The summed E-state index contributed by atoms with van der Waals surface area (Å²) in [5.74, 6) is -1.18. The normalized spacial score (nSPS) is 11.7. The molecule has 0 saturated heterocycles. The Balaban J connectivity index is 1.84. The van der Waals surface area contributed by atoms with Crippen LogP contribution in [-0.2, 0) is 20.9 Å². The first-order valence-corrected chi connectivity index (χ1v) is 9.57. The molecule has 0 aliphatic heterocycles. The monoisotopic (exact) mass is 373 g/mol. The summed E-state index contributed by atoms with van der Waals surface area (Å²) in [6.07, 6.45) is 2.00. The molecule has 0 aliphatic rings. The van der Waals surface area contributed by atoms with Crippen molar-refractivity contribution >= 4 is 23.6 Å². The Hall–Kier alpha value is -2.31. The van der Waals surface area contributed by atoms with Gasteiger partial charge >= 0.3 is 5.97 Å². The first-order chi connectivity index (χ1) is 12.6. The molecular weight excluding hydrogens is 350 g/mol. The van der Waals surface area contributed by atoms with Crippen LogP contribution in [0.5, 0.6) is 0 Å². The number of amides is 1. The summed E-state index contributed by atoms with van der Waals surface area (Å²) in [7, 11) is 0. The number of hydrogen-bond donors (Lipinski definition) is 2. The van der Waals surface area contributed by atoms with Gasteiger partial charge in [-0.3, -0.25) is 9.59 Å². The van der Waals surface area contributed by atoms with Crippen molar-refractivity contribution in [2.75, 3.05) is 12.9 Å². The van der Waals surface area contributed by atoms with Crippen LogP contribution in [0.3, 0.4) is 0 Å². The molecule has 0 saturated carbocycles. The molecule has 0 heterocycles. The number of benzene rings is 2. The Kier molecular flexibility index (Phi) is 8.18. The van der Waals surface area contributed by atoms with Gasteiger partial charge in [0.25, 0.3) is 0 Å². The highest BCUT2D eigenvalue weighted by molar-refractivity contribution is 7.98. The minimum absolute atomic E-state index is 0.158. The summed E-state index contributed by atoms with van der Waals surface area (Å²) in [4.78, 5) is 24.4. The van der Waals surface area contributed by atoms with Crippen LogP contribution in [0.25, 0.3) is 0 Å². The topological polar surface area (TPSA) is 75.6 Å². The molecule has 1 amide bonds. The zero-order valence-corrected chi connectivity index (χ0v) is 15.5. The fourth-order valence-electron chi connectivity index (χ4n) is 2.46. The molecule has 26 heavy (non-hydrogen) atoms. The Morgan fingerprint density at radius 1 is 1.12 bits per heavy atom. The highest BCUT2D eigenvalue weighted by Crippen LogP contribution is 2.21. The predicted molar refractivity (Wildman–Crippen MR) is 102 cm³/mol. The van der Waals surface area contributed by atoms with Crippen molar-refractivity contribution in [3.05, 3.63) is 65.7 Å². The number of hydrogen-bond acceptors (Lipinski definition) is 4. The van der Waals surface area contributed by atoms with Crippen LogP contribution in [0.15, 0.2) is 59.5 Å². The van der Waals surface area contributed by atoms with E-state index in [1.54, 1.807) is 11.8 Å². The van der Waals surface area contributed by atoms with Crippen molar-refractivity contribution in [3.8, 4) is 0 Å². The zero-order chi connectivity index (χ0) is 18.8. The first-order valence-electron chi connectivity index (χ1n) is 8.35. The maximum absolute atomic E-state index is 12.2. The summed E-state index contributed by atoms with van der Waals surface area (Å²) in [5.41, 5.74) is 1.83. The molecule has 2 rings (SSSR count). The summed E-state index contributed by atoms with van der Waals surface area (Å²) in [6, 6.07) is 16.7. The number of aliphatic carboxylic acids is 1. The summed E-state index contributed by atoms with van der Waals surface area (Å²) < 4.78 is 5.51. The van der Waals surface area contributed by atoms with Gasteiger partial charge in [-0.25, -0.2) is 0 Å². The van der Waals surface area contributed by atoms with Gasteiger partial charge in [0, 0.05) is 11.3 Å². The number of carbonyl (C=O) groups is 2. The van der Waals surface area contributed by atoms with Gasteiger partial charge in [-0.15, -0.1) is 11.8 Å². The van der Waals surface area contributed by atoms with E-state index in [2.05, 4.69) is 5.32 Å². The molecule has 0 spiro atoms. The minimum Gasteiger partial charge on any atom is -0.481 e. The number of ether oxygens (including phenoxy) is 1. The van der Waals surface area contributed by atoms with Crippen molar-refractivity contribution in [1.29, 1.82) is 0 Å². The number of carboxylic acid groups (broad SMARTS) is 1. The van der Waals surface area contributed by atoms with Gasteiger partial charge in [0.15, 0.2) is 0 Å². The van der Waals surface area contributed by atoms with Crippen molar-refractivity contribution in [2.45, 2.75) is 30.4 Å². The molecule has 5 nitrogen and oxygen atoms in total. The molecule has 138 valence electrons. The van der Waals surface area contributed by atoms with Crippen LogP contribution in [0.2, 0.25) is 0 Å². The van der Waals surface area contributed by atoms with E-state index in [1.165, 1.54) is 0 Å². The molecule has 0 radical (unpaired) electrons. The number of thioether (sulfide) groups is 1. The Labute approximate surface area is 157 Å². The fraction of sp³-hybridized carbons (Fsp3) is 0.300. The lowest BCUT2D eigenvalue weighted by atomic mass is 10.0. The van der Waals surface area contributed by atoms with Crippen LogP contribution in [0, 0.1) is 0 Å². The van der Waals surface area contributed by atoms with Crippen LogP contribution in [-0.4, -0.2) is 29.8 Å². The number of carbonyl (C=O) groups excluding carboxylic acids is 1. The highest BCUT2D eigenvalue weighted by Gasteiger charge is 2.18. The van der Waals surface area contributed by atoms with E-state index in [0.29, 0.717) is 6.61 Å². The Bertz CT molecular complexity index is 704. The molecule has 0 aromatic heterocycles. The third kappa shape index (κ3) is 6.90. The van der Waals surface area contributed by atoms with Gasteiger partial charge in [-0.1, -0.05) is 42.5 Å². The second-order valence-corrected chi connectivity index (χ2v) is 6.66. The lowest BCUT2D eigenvalue weighted by Crippen LogP contribution is -2.30. The van der Waals surface area contributed by atoms with E-state index in [4.69, 9.17) is 9.84 Å². The smallest absolute Gasteiger partial charge is 0.305 e. The van der Waals surface area contributed by atoms with Crippen LogP contribution in [0.4, 0.5) is 0 Å². The zero-order valence-electron chi connectivity index (χ0n) is 14.7. The van der Waals surface area contributed by atoms with Gasteiger partial charge in [-0.2, -0.15) is 0 Å². The van der Waals surface area contributed by atoms with E-state index in [-0.39, 0.29) is 25.4 Å². The van der Waals surface area contributed by atoms with Gasteiger partial charge in [0.2, 0.25) is 5.91 Å². The average Bonchev–Trinajstić information content (AvgIpc) is 2.65. The molecule has 1 atom stereocenters. The summed E-state index contributed by atoms with van der Waals surface area (Å²) in [6.45, 7) is 0.731. The largest absolute Gasteiger partial charge is 0.481 e. The van der Waals surface area contributed by atoms with Crippen molar-refractivity contribution in [3.63, 3.8) is 0 Å². The molecule has 0 fully saturated rings. The minimum atomic E-state index is -0.954. The number of carboxylic acids is 1. The number of rotatable bonds is 10. The Morgan fingerprint density at radius 2 is 1.81 bits per heavy atom. The van der Waals surface area contributed by atoms with Crippen molar-refractivity contribution in [2.24, 2.45) is 0 Å². The van der Waals surface area contributed by atoms with E-state index in [9.17, 15) is 9.59 Å². The van der Waals surface area contributed by atoms with E-state index < -0.39 is 12.0 Å². The molecule has 2 N–H and O–H groups in total. The third-order valence-corrected chi connectivity index (χ3v) is 4.56. The van der Waals surface area contributed by atoms with Crippen LogP contribution in [0.1, 0.15) is 30.0 Å². The van der Waals surface area contributed by atoms with Gasteiger partial charge in [0.1, 0.15) is 0 Å².